The maximum absolute atomic E-state index is 13.5. The number of hydrogen-bond acceptors (Lipinski definition) is 6. The number of halogens is 1. The number of sulfonamides is 2. The van der Waals surface area contributed by atoms with Gasteiger partial charge in [-0.15, -0.1) is 0 Å². The van der Waals surface area contributed by atoms with E-state index in [9.17, 15) is 26.3 Å². The largest absolute Gasteiger partial charge is 0.495 e. The fourth-order valence-corrected chi connectivity index (χ4v) is 5.84. The number of rotatable bonds is 10. The van der Waals surface area contributed by atoms with Crippen LogP contribution in [0.1, 0.15) is 0 Å². The number of nitrogens with zero attached hydrogens (tertiary/aromatic N) is 2. The summed E-state index contributed by atoms with van der Waals surface area (Å²) in [6, 6.07) is 18.8. The molecule has 182 valence electrons. The molecule has 3 aromatic rings. The molecular weight excluding hydrogens is 483 g/mol. The molecule has 0 saturated heterocycles. The third kappa shape index (κ3) is 5.85. The van der Waals surface area contributed by atoms with Crippen molar-refractivity contribution in [2.75, 3.05) is 35.1 Å². The predicted octanol–water partition coefficient (Wildman–Crippen LogP) is 2.86. The molecule has 0 aliphatic carbocycles. The van der Waals surface area contributed by atoms with E-state index in [2.05, 4.69) is 0 Å². The summed E-state index contributed by atoms with van der Waals surface area (Å²) in [7, 11) is -6.62. The fraction of sp³-hybridized carbons (Fsp3) is 0.217. The number of aliphatic hydroxyl groups is 1. The van der Waals surface area contributed by atoms with Crippen molar-refractivity contribution in [2.45, 2.75) is 11.0 Å². The van der Waals surface area contributed by atoms with Crippen molar-refractivity contribution in [3.05, 3.63) is 84.7 Å². The average molecular weight is 509 g/mol. The summed E-state index contributed by atoms with van der Waals surface area (Å²) in [6.45, 7) is -0.925. The molecule has 3 rings (SSSR count). The molecule has 8 nitrogen and oxygen atoms in total. The van der Waals surface area contributed by atoms with Crippen molar-refractivity contribution in [3.63, 3.8) is 0 Å². The number of anilines is 2. The lowest BCUT2D eigenvalue weighted by Gasteiger charge is -2.30. The minimum Gasteiger partial charge on any atom is -0.495 e. The van der Waals surface area contributed by atoms with E-state index in [4.69, 9.17) is 4.74 Å². The first-order valence-electron chi connectivity index (χ1n) is 10.2. The number of benzene rings is 3. The molecule has 0 aliphatic heterocycles. The van der Waals surface area contributed by atoms with E-state index in [1.165, 1.54) is 37.4 Å². The Morgan fingerprint density at radius 3 is 2.00 bits per heavy atom. The highest BCUT2D eigenvalue weighted by Gasteiger charge is 2.31. The van der Waals surface area contributed by atoms with Gasteiger partial charge in [0.25, 0.3) is 10.0 Å². The molecule has 0 unspecified atom stereocenters. The lowest BCUT2D eigenvalue weighted by Crippen LogP contribution is -2.44. The summed E-state index contributed by atoms with van der Waals surface area (Å²) in [5.41, 5.74) is 0.318. The van der Waals surface area contributed by atoms with Crippen LogP contribution >= 0.6 is 0 Å². The second-order valence-corrected chi connectivity index (χ2v) is 11.2. The molecule has 11 heteroatoms. The van der Waals surface area contributed by atoms with Crippen LogP contribution in [-0.2, 0) is 20.0 Å². The minimum atomic E-state index is -4.15. The second kappa shape index (κ2) is 10.4. The van der Waals surface area contributed by atoms with E-state index in [1.807, 2.05) is 0 Å². The van der Waals surface area contributed by atoms with Crippen LogP contribution in [0.3, 0.4) is 0 Å². The molecular formula is C23H25FN2O6S2. The van der Waals surface area contributed by atoms with Crippen molar-refractivity contribution >= 4 is 31.4 Å². The van der Waals surface area contributed by atoms with Crippen LogP contribution in [0.4, 0.5) is 15.8 Å². The topological polar surface area (TPSA) is 104 Å². The predicted molar refractivity (Wildman–Crippen MR) is 129 cm³/mol. The van der Waals surface area contributed by atoms with Crippen LogP contribution in [0.25, 0.3) is 0 Å². The van der Waals surface area contributed by atoms with Crippen LogP contribution in [-0.4, -0.2) is 54.5 Å². The minimum absolute atomic E-state index is 0.00777. The van der Waals surface area contributed by atoms with Gasteiger partial charge in [-0.2, -0.15) is 0 Å². The first kappa shape index (κ1) is 25.5. The van der Waals surface area contributed by atoms with Gasteiger partial charge in [0, 0.05) is 0 Å². The summed E-state index contributed by atoms with van der Waals surface area (Å²) in [4.78, 5) is -0.00777. The van der Waals surface area contributed by atoms with Crippen LogP contribution in [0.15, 0.2) is 83.8 Å². The molecule has 3 aromatic carbocycles. The maximum Gasteiger partial charge on any atom is 0.264 e. The number of ether oxygens (including phenoxy) is 1. The number of para-hydroxylation sites is 2. The van der Waals surface area contributed by atoms with Crippen molar-refractivity contribution < 1.29 is 31.1 Å². The smallest absolute Gasteiger partial charge is 0.264 e. The Kier molecular flexibility index (Phi) is 7.80. The molecule has 0 amide bonds. The Balaban J connectivity index is 1.99. The number of hydrogen-bond donors (Lipinski definition) is 1. The lowest BCUT2D eigenvalue weighted by molar-refractivity contribution is 0.193. The van der Waals surface area contributed by atoms with E-state index in [-0.39, 0.29) is 22.0 Å². The molecule has 0 heterocycles. The second-order valence-electron chi connectivity index (χ2n) is 7.45. The van der Waals surface area contributed by atoms with Gasteiger partial charge in [0.15, 0.2) is 0 Å². The van der Waals surface area contributed by atoms with Crippen molar-refractivity contribution in [1.29, 1.82) is 0 Å². The van der Waals surface area contributed by atoms with Gasteiger partial charge in [-0.3, -0.25) is 8.61 Å². The Hall–Kier alpha value is -3.15. The Labute approximate surface area is 198 Å². The van der Waals surface area contributed by atoms with Crippen LogP contribution < -0.4 is 13.3 Å². The van der Waals surface area contributed by atoms with Crippen molar-refractivity contribution in [3.8, 4) is 5.75 Å². The van der Waals surface area contributed by atoms with Gasteiger partial charge >= 0.3 is 0 Å². The molecule has 0 radical (unpaired) electrons. The first-order chi connectivity index (χ1) is 16.0. The Morgan fingerprint density at radius 1 is 0.853 bits per heavy atom. The molecule has 34 heavy (non-hydrogen) atoms. The zero-order valence-corrected chi connectivity index (χ0v) is 20.2. The summed E-state index contributed by atoms with van der Waals surface area (Å²) in [6.07, 6.45) is -0.495. The van der Waals surface area contributed by atoms with Gasteiger partial charge in [0.1, 0.15) is 11.6 Å². The first-order valence-corrected chi connectivity index (χ1v) is 13.4. The van der Waals surface area contributed by atoms with Gasteiger partial charge in [-0.05, 0) is 48.5 Å². The van der Waals surface area contributed by atoms with Crippen LogP contribution in [0, 0.1) is 5.82 Å². The average Bonchev–Trinajstić information content (AvgIpc) is 2.81. The van der Waals surface area contributed by atoms with E-state index < -0.39 is 45.1 Å². The summed E-state index contributed by atoms with van der Waals surface area (Å²) >= 11 is 0. The van der Waals surface area contributed by atoms with Crippen LogP contribution in [0.2, 0.25) is 0 Å². The normalized spacial score (nSPS) is 12.7. The number of aliphatic hydroxyl groups excluding tert-OH is 1. The van der Waals surface area contributed by atoms with Gasteiger partial charge in [0.2, 0.25) is 10.0 Å². The molecule has 0 aliphatic rings. The Morgan fingerprint density at radius 2 is 1.41 bits per heavy atom. The SMILES string of the molecule is COc1ccccc1N(C[C@H](O)CN(c1ccc(F)cc1)S(C)(=O)=O)S(=O)(=O)c1ccccc1. The van der Waals surface area contributed by atoms with Gasteiger partial charge in [0.05, 0.1) is 48.8 Å². The molecule has 1 atom stereocenters. The van der Waals surface area contributed by atoms with E-state index in [1.54, 1.807) is 36.4 Å². The molecule has 0 aromatic heterocycles. The molecule has 0 saturated carbocycles. The fourth-order valence-electron chi connectivity index (χ4n) is 3.36. The summed E-state index contributed by atoms with van der Waals surface area (Å²) in [5.74, 6) is -0.290. The van der Waals surface area contributed by atoms with E-state index in [0.717, 1.165) is 27.0 Å². The summed E-state index contributed by atoms with van der Waals surface area (Å²) in [5, 5.41) is 10.9. The highest BCUT2D eigenvalue weighted by atomic mass is 32.2. The molecule has 1 N–H and O–H groups in total. The highest BCUT2D eigenvalue weighted by Crippen LogP contribution is 2.32. The summed E-state index contributed by atoms with van der Waals surface area (Å²) < 4.78 is 72.4. The quantitative estimate of drug-likeness (QED) is 0.452. The monoisotopic (exact) mass is 508 g/mol. The maximum atomic E-state index is 13.5. The van der Waals surface area contributed by atoms with Gasteiger partial charge < -0.3 is 9.84 Å². The lowest BCUT2D eigenvalue weighted by atomic mass is 10.2. The van der Waals surface area contributed by atoms with Crippen LogP contribution in [0.5, 0.6) is 5.75 Å². The van der Waals surface area contributed by atoms with Crippen molar-refractivity contribution in [1.82, 2.24) is 0 Å². The molecule has 0 spiro atoms. The zero-order valence-electron chi connectivity index (χ0n) is 18.6. The Bertz CT molecular complexity index is 1320. The van der Waals surface area contributed by atoms with Gasteiger partial charge in [-0.1, -0.05) is 30.3 Å². The van der Waals surface area contributed by atoms with Crippen molar-refractivity contribution in [2.24, 2.45) is 0 Å². The zero-order chi connectivity index (χ0) is 24.9. The van der Waals surface area contributed by atoms with Gasteiger partial charge in [-0.25, -0.2) is 21.2 Å². The third-order valence-corrected chi connectivity index (χ3v) is 7.91. The third-order valence-electron chi connectivity index (χ3n) is 4.95. The number of methoxy groups -OCH3 is 1. The molecule has 0 fully saturated rings. The standard InChI is InChI=1S/C23H25FN2O6S2/c1-32-23-11-7-6-10-22(23)26(34(30,31)21-8-4-3-5-9-21)17-20(27)16-25(33(2,28)29)19-14-12-18(24)13-15-19/h3-15,20,27H,16-17H2,1-2H3/t20-/m1/s1. The van der Waals surface area contributed by atoms with E-state index in [0.29, 0.717) is 0 Å². The molecule has 0 bridgehead atoms. The highest BCUT2D eigenvalue weighted by molar-refractivity contribution is 7.93. The van der Waals surface area contributed by atoms with E-state index >= 15 is 0 Å².